The topological polar surface area (TPSA) is 107 Å². The molecule has 3 aromatic rings. The molecule has 3 N–H and O–H groups in total. The number of aliphatic imine (C=N–C) groups is 2. The standard InChI is InChI=1S/C22H27N7O/c1-16(27-21(23-2)22(30)26-15-17-7-5-6-12-25-17)10-13-24-14-11-20-28-18-8-3-4-9-19(18)29-20/h3-9,12,24H,10-11,13-15H2,1-2H3,(H,26,30)(H,28,29). The minimum absolute atomic E-state index is 0.172. The molecule has 0 radical (unpaired) electrons. The van der Waals surface area contributed by atoms with Gasteiger partial charge in [0.25, 0.3) is 5.91 Å². The van der Waals surface area contributed by atoms with Crippen LogP contribution < -0.4 is 10.6 Å². The van der Waals surface area contributed by atoms with Crippen LogP contribution in [0.25, 0.3) is 11.0 Å². The van der Waals surface area contributed by atoms with Crippen molar-refractivity contribution in [2.24, 2.45) is 9.98 Å². The van der Waals surface area contributed by atoms with Crippen LogP contribution in [0.2, 0.25) is 0 Å². The summed E-state index contributed by atoms with van der Waals surface area (Å²) < 4.78 is 0. The molecule has 30 heavy (non-hydrogen) atoms. The van der Waals surface area contributed by atoms with Crippen LogP contribution in [0.4, 0.5) is 0 Å². The number of pyridine rings is 1. The summed E-state index contributed by atoms with van der Waals surface area (Å²) in [7, 11) is 1.57. The molecule has 0 aliphatic rings. The van der Waals surface area contributed by atoms with Crippen LogP contribution in [0.15, 0.2) is 58.6 Å². The Kier molecular flexibility index (Phi) is 7.79. The summed E-state index contributed by atoms with van der Waals surface area (Å²) in [6, 6.07) is 13.6. The quantitative estimate of drug-likeness (QED) is 0.304. The van der Waals surface area contributed by atoms with Crippen LogP contribution in [0.3, 0.4) is 0 Å². The average Bonchev–Trinajstić information content (AvgIpc) is 3.19. The third-order valence-corrected chi connectivity index (χ3v) is 4.51. The number of imidazole rings is 1. The summed E-state index contributed by atoms with van der Waals surface area (Å²) in [4.78, 5) is 32.7. The van der Waals surface area contributed by atoms with Gasteiger partial charge in [-0.25, -0.2) is 9.98 Å². The van der Waals surface area contributed by atoms with Crippen LogP contribution in [0.5, 0.6) is 0 Å². The first kappa shape index (κ1) is 21.3. The second-order valence-electron chi connectivity index (χ2n) is 6.85. The number of hydrogen-bond acceptors (Lipinski definition) is 5. The fourth-order valence-corrected chi connectivity index (χ4v) is 2.92. The summed E-state index contributed by atoms with van der Waals surface area (Å²) in [5.74, 6) is 0.838. The van der Waals surface area contributed by atoms with Crippen molar-refractivity contribution in [2.45, 2.75) is 26.3 Å². The number of amides is 1. The number of benzene rings is 1. The number of para-hydroxylation sites is 2. The van der Waals surface area contributed by atoms with Crippen molar-refractivity contribution in [1.82, 2.24) is 25.6 Å². The Morgan fingerprint density at radius 2 is 1.97 bits per heavy atom. The molecule has 0 aliphatic carbocycles. The van der Waals surface area contributed by atoms with E-state index in [0.29, 0.717) is 6.54 Å². The van der Waals surface area contributed by atoms with E-state index < -0.39 is 0 Å². The maximum Gasteiger partial charge on any atom is 0.289 e. The first-order valence-electron chi connectivity index (χ1n) is 9.99. The van der Waals surface area contributed by atoms with E-state index in [1.54, 1.807) is 13.2 Å². The molecular weight excluding hydrogens is 378 g/mol. The van der Waals surface area contributed by atoms with E-state index >= 15 is 0 Å². The highest BCUT2D eigenvalue weighted by atomic mass is 16.2. The molecule has 2 heterocycles. The van der Waals surface area contributed by atoms with E-state index in [-0.39, 0.29) is 11.7 Å². The molecule has 0 spiro atoms. The van der Waals surface area contributed by atoms with Gasteiger partial charge in [0.1, 0.15) is 5.82 Å². The van der Waals surface area contributed by atoms with Crippen molar-refractivity contribution in [3.8, 4) is 0 Å². The molecule has 0 bridgehead atoms. The molecule has 156 valence electrons. The third kappa shape index (κ3) is 6.31. The van der Waals surface area contributed by atoms with E-state index in [1.165, 1.54) is 0 Å². The van der Waals surface area contributed by atoms with E-state index in [0.717, 1.165) is 54.2 Å². The maximum absolute atomic E-state index is 12.3. The van der Waals surface area contributed by atoms with Gasteiger partial charge in [-0.15, -0.1) is 0 Å². The summed E-state index contributed by atoms with van der Waals surface area (Å²) in [5, 5.41) is 6.18. The first-order valence-corrected chi connectivity index (χ1v) is 9.99. The Hall–Kier alpha value is -3.39. The number of rotatable bonds is 8. The maximum atomic E-state index is 12.3. The van der Waals surface area contributed by atoms with Crippen LogP contribution in [-0.4, -0.2) is 52.5 Å². The van der Waals surface area contributed by atoms with Gasteiger partial charge in [-0.2, -0.15) is 0 Å². The smallest absolute Gasteiger partial charge is 0.289 e. The average molecular weight is 406 g/mol. The highest BCUT2D eigenvalue weighted by Gasteiger charge is 2.10. The predicted octanol–water partition coefficient (Wildman–Crippen LogP) is 2.29. The number of H-pyrrole nitrogens is 1. The molecule has 0 aliphatic heterocycles. The van der Waals surface area contributed by atoms with Gasteiger partial charge in [-0.05, 0) is 37.6 Å². The summed E-state index contributed by atoms with van der Waals surface area (Å²) >= 11 is 0. The number of carbonyl (C=O) groups is 1. The van der Waals surface area contributed by atoms with Crippen molar-refractivity contribution < 1.29 is 4.79 Å². The molecule has 8 heteroatoms. The van der Waals surface area contributed by atoms with Crippen molar-refractivity contribution in [3.05, 3.63) is 60.2 Å². The number of aromatic nitrogens is 3. The molecule has 3 rings (SSSR count). The van der Waals surface area contributed by atoms with Gasteiger partial charge in [0.15, 0.2) is 0 Å². The Morgan fingerprint density at radius 1 is 1.13 bits per heavy atom. The predicted molar refractivity (Wildman–Crippen MR) is 120 cm³/mol. The molecule has 0 saturated heterocycles. The number of hydrogen-bond donors (Lipinski definition) is 3. The van der Waals surface area contributed by atoms with E-state index in [9.17, 15) is 4.79 Å². The molecule has 0 saturated carbocycles. The number of amidine groups is 1. The molecule has 8 nitrogen and oxygen atoms in total. The van der Waals surface area contributed by atoms with Crippen LogP contribution in [0.1, 0.15) is 24.9 Å². The Morgan fingerprint density at radius 3 is 2.73 bits per heavy atom. The second kappa shape index (κ2) is 11.0. The zero-order valence-electron chi connectivity index (χ0n) is 17.4. The van der Waals surface area contributed by atoms with Crippen LogP contribution >= 0.6 is 0 Å². The van der Waals surface area contributed by atoms with Gasteiger partial charge in [0.2, 0.25) is 5.84 Å². The Bertz CT molecular complexity index is 991. The fourth-order valence-electron chi connectivity index (χ4n) is 2.92. The van der Waals surface area contributed by atoms with Gasteiger partial charge in [0, 0.05) is 38.5 Å². The molecule has 0 fully saturated rings. The van der Waals surface area contributed by atoms with E-state index in [4.69, 9.17) is 0 Å². The van der Waals surface area contributed by atoms with Gasteiger partial charge in [-0.3, -0.25) is 14.8 Å². The van der Waals surface area contributed by atoms with Crippen LogP contribution in [-0.2, 0) is 17.8 Å². The number of fused-ring (bicyclic) bond motifs is 1. The highest BCUT2D eigenvalue weighted by molar-refractivity contribution is 6.39. The largest absolute Gasteiger partial charge is 0.344 e. The lowest BCUT2D eigenvalue weighted by atomic mass is 10.3. The molecule has 2 aromatic heterocycles. The number of carbonyl (C=O) groups excluding carboxylic acids is 1. The first-order chi connectivity index (χ1) is 14.7. The van der Waals surface area contributed by atoms with Gasteiger partial charge in [0.05, 0.1) is 23.3 Å². The normalized spacial score (nSPS) is 12.3. The highest BCUT2D eigenvalue weighted by Crippen LogP contribution is 2.10. The van der Waals surface area contributed by atoms with E-state index in [1.807, 2.05) is 49.4 Å². The van der Waals surface area contributed by atoms with Gasteiger partial charge < -0.3 is 15.6 Å². The SMILES string of the molecule is CN=C(N=C(C)CCNCCc1nc2ccccc2[nH]1)C(=O)NCc1ccccn1. The second-order valence-corrected chi connectivity index (χ2v) is 6.85. The fraction of sp³-hybridized carbons (Fsp3) is 0.318. The van der Waals surface area contributed by atoms with Gasteiger partial charge >= 0.3 is 0 Å². The third-order valence-electron chi connectivity index (χ3n) is 4.51. The van der Waals surface area contributed by atoms with E-state index in [2.05, 4.69) is 35.6 Å². The van der Waals surface area contributed by atoms with Crippen molar-refractivity contribution in [2.75, 3.05) is 20.1 Å². The number of nitrogens with zero attached hydrogens (tertiary/aromatic N) is 4. The number of nitrogens with one attached hydrogen (secondary N) is 3. The Labute approximate surface area is 176 Å². The summed E-state index contributed by atoms with van der Waals surface area (Å²) in [6.45, 7) is 3.82. The zero-order chi connectivity index (χ0) is 21.2. The lowest BCUT2D eigenvalue weighted by molar-refractivity contribution is -0.115. The van der Waals surface area contributed by atoms with Crippen molar-refractivity contribution in [3.63, 3.8) is 0 Å². The molecule has 0 unspecified atom stereocenters. The van der Waals surface area contributed by atoms with Crippen molar-refractivity contribution >= 4 is 28.5 Å². The molecule has 0 atom stereocenters. The lowest BCUT2D eigenvalue weighted by Crippen LogP contribution is -2.30. The Balaban J connectivity index is 1.39. The van der Waals surface area contributed by atoms with Crippen LogP contribution in [0, 0.1) is 0 Å². The summed E-state index contributed by atoms with van der Waals surface area (Å²) in [6.07, 6.45) is 3.25. The zero-order valence-corrected chi connectivity index (χ0v) is 17.4. The van der Waals surface area contributed by atoms with Crippen molar-refractivity contribution in [1.29, 1.82) is 0 Å². The minimum Gasteiger partial charge on any atom is -0.344 e. The minimum atomic E-state index is -0.305. The lowest BCUT2D eigenvalue weighted by Gasteiger charge is -2.06. The molecular formula is C22H27N7O. The summed E-state index contributed by atoms with van der Waals surface area (Å²) in [5.41, 5.74) is 3.68. The molecule has 1 aromatic carbocycles. The molecule has 1 amide bonds. The van der Waals surface area contributed by atoms with Gasteiger partial charge in [-0.1, -0.05) is 18.2 Å². The number of aromatic amines is 1. The monoisotopic (exact) mass is 405 g/mol.